The average molecular weight is 384 g/mol. The van der Waals surface area contributed by atoms with E-state index in [-0.39, 0.29) is 17.8 Å². The fourth-order valence-corrected chi connectivity index (χ4v) is 3.82. The van der Waals surface area contributed by atoms with Gasteiger partial charge in [0.25, 0.3) is 0 Å². The van der Waals surface area contributed by atoms with Gasteiger partial charge in [0, 0.05) is 23.9 Å². The topological polar surface area (TPSA) is 52.6 Å². The molecule has 29 heavy (non-hydrogen) atoms. The Morgan fingerprint density at radius 2 is 1.79 bits per heavy atom. The molecule has 4 rings (SSSR count). The summed E-state index contributed by atoms with van der Waals surface area (Å²) in [6, 6.07) is 16.9. The number of aldehydes is 1. The Bertz CT molecular complexity index is 974. The number of carbonyl (C=O) groups excluding carboxylic acids is 1. The maximum absolute atomic E-state index is 10.8. The molecule has 1 heterocycles. The highest BCUT2D eigenvalue weighted by atomic mass is 16.3. The number of carbonyl (C=O) groups is 1. The minimum atomic E-state index is -0.307. The van der Waals surface area contributed by atoms with Crippen molar-refractivity contribution in [3.8, 4) is 23.0 Å². The Balaban J connectivity index is 1.36. The monoisotopic (exact) mass is 384 g/mol. The number of rotatable bonds is 5. The number of hydrogen-bond acceptors (Lipinski definition) is 4. The summed E-state index contributed by atoms with van der Waals surface area (Å²) in [5.41, 5.74) is 4.61. The van der Waals surface area contributed by atoms with Crippen LogP contribution in [0.25, 0.3) is 11.1 Å². The van der Waals surface area contributed by atoms with E-state index >= 15 is 0 Å². The molecule has 0 radical (unpaired) electrons. The first kappa shape index (κ1) is 18.9. The average Bonchev–Trinajstić information content (AvgIpc) is 3.17. The molecule has 1 aliphatic carbocycles. The van der Waals surface area contributed by atoms with Crippen LogP contribution >= 0.6 is 0 Å². The van der Waals surface area contributed by atoms with Gasteiger partial charge in [-0.2, -0.15) is 0 Å². The van der Waals surface area contributed by atoms with Gasteiger partial charge in [0.2, 0.25) is 0 Å². The number of hydrogen-bond donors (Lipinski definition) is 2. The van der Waals surface area contributed by atoms with Crippen molar-refractivity contribution in [2.75, 3.05) is 6.54 Å². The summed E-state index contributed by atoms with van der Waals surface area (Å²) in [5.74, 6) is 7.16. The molecule has 2 aromatic carbocycles. The predicted molar refractivity (Wildman–Crippen MR) is 115 cm³/mol. The van der Waals surface area contributed by atoms with Crippen molar-refractivity contribution in [1.82, 2.24) is 10.2 Å². The minimum Gasteiger partial charge on any atom is -0.509 e. The number of nitrogens with one attached hydrogen (secondary N) is 1. The molecule has 2 aliphatic rings. The summed E-state index contributed by atoms with van der Waals surface area (Å²) in [4.78, 5) is 12.7. The molecule has 1 unspecified atom stereocenters. The first-order chi connectivity index (χ1) is 14.1. The second-order valence-corrected chi connectivity index (χ2v) is 7.61. The molecule has 4 heteroatoms. The van der Waals surface area contributed by atoms with E-state index in [1.54, 1.807) is 6.20 Å². The van der Waals surface area contributed by atoms with Crippen LogP contribution in [0.1, 0.15) is 29.9 Å². The zero-order chi connectivity index (χ0) is 20.2. The predicted octanol–water partition coefficient (Wildman–Crippen LogP) is 4.17. The standard InChI is InChI=1S/C25H24N2O2/c1-18(29)25-26-12-14-27(25)13-2-3-19-4-6-21(7-5-19)22-8-10-23(11-9-22)24-15-20(16-24)17-28/h4-12,14,17,20,24-26,29H,1,13,15-16H2. The van der Waals surface area contributed by atoms with Gasteiger partial charge in [0.1, 0.15) is 12.0 Å². The molecule has 1 saturated carbocycles. The Kier molecular flexibility index (Phi) is 5.39. The van der Waals surface area contributed by atoms with Crippen LogP contribution < -0.4 is 5.32 Å². The third-order valence-corrected chi connectivity index (χ3v) is 5.63. The van der Waals surface area contributed by atoms with Crippen molar-refractivity contribution in [2.45, 2.75) is 24.9 Å². The van der Waals surface area contributed by atoms with Gasteiger partial charge in [0.15, 0.2) is 6.17 Å². The maximum atomic E-state index is 10.8. The summed E-state index contributed by atoms with van der Waals surface area (Å²) < 4.78 is 0. The Labute approximate surface area is 171 Å². The summed E-state index contributed by atoms with van der Waals surface area (Å²) in [6.45, 7) is 4.07. The van der Waals surface area contributed by atoms with Gasteiger partial charge in [-0.05, 0) is 47.6 Å². The molecule has 0 aromatic heterocycles. The lowest BCUT2D eigenvalue weighted by atomic mass is 9.72. The van der Waals surface area contributed by atoms with E-state index in [1.807, 2.05) is 23.2 Å². The van der Waals surface area contributed by atoms with E-state index in [0.717, 1.165) is 30.3 Å². The smallest absolute Gasteiger partial charge is 0.158 e. The van der Waals surface area contributed by atoms with Crippen LogP contribution in [-0.4, -0.2) is 29.0 Å². The van der Waals surface area contributed by atoms with Crippen LogP contribution in [0.3, 0.4) is 0 Å². The van der Waals surface area contributed by atoms with E-state index < -0.39 is 0 Å². The van der Waals surface area contributed by atoms with E-state index in [2.05, 4.69) is 60.1 Å². The van der Waals surface area contributed by atoms with E-state index in [9.17, 15) is 9.90 Å². The first-order valence-electron chi connectivity index (χ1n) is 9.85. The van der Waals surface area contributed by atoms with Crippen LogP contribution in [0, 0.1) is 17.8 Å². The summed E-state index contributed by atoms with van der Waals surface area (Å²) in [6.07, 6.45) is 6.36. The van der Waals surface area contributed by atoms with Crippen LogP contribution in [0.2, 0.25) is 0 Å². The number of nitrogens with zero attached hydrogens (tertiary/aromatic N) is 1. The van der Waals surface area contributed by atoms with Crippen molar-refractivity contribution in [3.05, 3.63) is 84.4 Å². The maximum Gasteiger partial charge on any atom is 0.158 e. The third kappa shape index (κ3) is 4.20. The fraction of sp³-hybridized carbons (Fsp3) is 0.240. The van der Waals surface area contributed by atoms with Crippen molar-refractivity contribution >= 4 is 6.29 Å². The van der Waals surface area contributed by atoms with Gasteiger partial charge in [-0.25, -0.2) is 0 Å². The van der Waals surface area contributed by atoms with Gasteiger partial charge in [-0.1, -0.05) is 54.8 Å². The first-order valence-corrected chi connectivity index (χ1v) is 9.85. The minimum absolute atomic E-state index is 0.0769. The van der Waals surface area contributed by atoms with Crippen molar-refractivity contribution in [1.29, 1.82) is 0 Å². The van der Waals surface area contributed by atoms with Crippen molar-refractivity contribution in [2.24, 2.45) is 5.92 Å². The zero-order valence-corrected chi connectivity index (χ0v) is 16.2. The van der Waals surface area contributed by atoms with Crippen LogP contribution in [0.4, 0.5) is 0 Å². The third-order valence-electron chi connectivity index (χ3n) is 5.63. The van der Waals surface area contributed by atoms with Crippen LogP contribution in [0.15, 0.2) is 73.3 Å². The summed E-state index contributed by atoms with van der Waals surface area (Å²) in [7, 11) is 0. The highest BCUT2D eigenvalue weighted by Gasteiger charge is 2.29. The molecule has 2 N–H and O–H groups in total. The zero-order valence-electron chi connectivity index (χ0n) is 16.2. The molecular weight excluding hydrogens is 360 g/mol. The van der Waals surface area contributed by atoms with E-state index in [0.29, 0.717) is 12.5 Å². The van der Waals surface area contributed by atoms with Gasteiger partial charge >= 0.3 is 0 Å². The second-order valence-electron chi connectivity index (χ2n) is 7.61. The molecule has 0 bridgehead atoms. The molecular formula is C25H24N2O2. The molecule has 2 aromatic rings. The van der Waals surface area contributed by atoms with Gasteiger partial charge in [-0.3, -0.25) is 0 Å². The SMILES string of the molecule is C=C(O)C1NC=CN1CC#Cc1ccc(-c2ccc(C3CC(C=O)C3)cc2)cc1. The van der Waals surface area contributed by atoms with Gasteiger partial charge in [0.05, 0.1) is 6.54 Å². The lowest BCUT2D eigenvalue weighted by Gasteiger charge is -2.31. The van der Waals surface area contributed by atoms with Crippen molar-refractivity contribution < 1.29 is 9.90 Å². The quantitative estimate of drug-likeness (QED) is 0.461. The largest absolute Gasteiger partial charge is 0.509 e. The highest BCUT2D eigenvalue weighted by molar-refractivity contribution is 5.65. The molecule has 0 saturated heterocycles. The number of benzene rings is 2. The normalized spacial score (nSPS) is 22.2. The fourth-order valence-electron chi connectivity index (χ4n) is 3.82. The van der Waals surface area contributed by atoms with E-state index in [4.69, 9.17) is 0 Å². The summed E-state index contributed by atoms with van der Waals surface area (Å²) in [5, 5.41) is 12.6. The van der Waals surface area contributed by atoms with Crippen LogP contribution in [-0.2, 0) is 4.79 Å². The highest BCUT2D eigenvalue weighted by Crippen LogP contribution is 2.40. The lowest BCUT2D eigenvalue weighted by molar-refractivity contribution is -0.113. The Hall–Kier alpha value is -3.45. The number of aliphatic hydroxyl groups is 1. The molecule has 146 valence electrons. The molecule has 4 nitrogen and oxygen atoms in total. The molecule has 1 fully saturated rings. The van der Waals surface area contributed by atoms with Crippen molar-refractivity contribution in [3.63, 3.8) is 0 Å². The molecule has 1 atom stereocenters. The van der Waals surface area contributed by atoms with E-state index in [1.165, 1.54) is 11.1 Å². The molecule has 0 spiro atoms. The number of aliphatic hydroxyl groups excluding tert-OH is 1. The van der Waals surface area contributed by atoms with Crippen LogP contribution in [0.5, 0.6) is 0 Å². The van der Waals surface area contributed by atoms with Gasteiger partial charge in [-0.15, -0.1) is 0 Å². The Morgan fingerprint density at radius 1 is 1.14 bits per heavy atom. The summed E-state index contributed by atoms with van der Waals surface area (Å²) >= 11 is 0. The molecule has 1 aliphatic heterocycles. The Morgan fingerprint density at radius 3 is 2.41 bits per heavy atom. The van der Waals surface area contributed by atoms with Gasteiger partial charge < -0.3 is 20.1 Å². The molecule has 0 amide bonds. The second kappa shape index (κ2) is 8.28. The lowest BCUT2D eigenvalue weighted by Crippen LogP contribution is -2.36.